The Kier molecular flexibility index (Phi) is 4.86. The van der Waals surface area contributed by atoms with Crippen molar-refractivity contribution in [1.29, 1.82) is 0 Å². The van der Waals surface area contributed by atoms with Crippen LogP contribution in [0.3, 0.4) is 0 Å². The molecule has 0 radical (unpaired) electrons. The minimum absolute atomic E-state index is 0.291. The second-order valence-corrected chi connectivity index (χ2v) is 7.93. The Hall–Kier alpha value is -3.16. The minimum atomic E-state index is -0.824. The van der Waals surface area contributed by atoms with E-state index in [0.29, 0.717) is 18.7 Å². The van der Waals surface area contributed by atoms with Gasteiger partial charge in [-0.3, -0.25) is 14.5 Å². The first kappa shape index (κ1) is 19.2. The molecule has 8 heteroatoms. The Bertz CT molecular complexity index is 957. The van der Waals surface area contributed by atoms with Crippen LogP contribution in [0.15, 0.2) is 30.3 Å². The highest BCUT2D eigenvalue weighted by Gasteiger charge is 2.51. The van der Waals surface area contributed by atoms with Gasteiger partial charge in [-0.15, -0.1) is 0 Å². The van der Waals surface area contributed by atoms with Crippen LogP contribution in [0, 0.1) is 13.8 Å². The Morgan fingerprint density at radius 2 is 1.83 bits per heavy atom. The largest absolute Gasteiger partial charge is 0.325 e. The molecule has 4 amide bonds. The van der Waals surface area contributed by atoms with Crippen molar-refractivity contribution in [2.45, 2.75) is 51.5 Å². The molecule has 29 heavy (non-hydrogen) atoms. The van der Waals surface area contributed by atoms with Crippen molar-refractivity contribution in [2.75, 3.05) is 11.9 Å². The zero-order valence-corrected chi connectivity index (χ0v) is 16.7. The van der Waals surface area contributed by atoms with Crippen LogP contribution in [0.5, 0.6) is 0 Å². The van der Waals surface area contributed by atoms with E-state index in [-0.39, 0.29) is 12.5 Å². The van der Waals surface area contributed by atoms with Gasteiger partial charge in [0.2, 0.25) is 5.91 Å². The highest BCUT2D eigenvalue weighted by molar-refractivity contribution is 6.10. The van der Waals surface area contributed by atoms with Crippen LogP contribution in [0.25, 0.3) is 5.69 Å². The number of aromatic nitrogens is 2. The van der Waals surface area contributed by atoms with E-state index < -0.39 is 17.5 Å². The van der Waals surface area contributed by atoms with Crippen LogP contribution in [0.4, 0.5) is 10.6 Å². The number of benzene rings is 1. The second kappa shape index (κ2) is 7.35. The maximum atomic E-state index is 12.9. The van der Waals surface area contributed by atoms with E-state index in [1.807, 2.05) is 38.1 Å². The first-order valence-corrected chi connectivity index (χ1v) is 9.96. The summed E-state index contributed by atoms with van der Waals surface area (Å²) < 4.78 is 1.64. The molecule has 1 saturated heterocycles. The van der Waals surface area contributed by atoms with Gasteiger partial charge in [-0.2, -0.15) is 5.10 Å². The molecule has 1 aromatic heterocycles. The van der Waals surface area contributed by atoms with Gasteiger partial charge in [0.05, 0.1) is 11.4 Å². The standard InChI is InChI=1S/C21H25N5O3/c1-14-6-8-16(9-7-14)26-17(12-15(2)24-26)22-18(27)13-25-19(28)21(23-20(25)29)10-4-3-5-11-21/h6-9,12H,3-5,10-11,13H2,1-2H3,(H,22,27)(H,23,29). The summed E-state index contributed by atoms with van der Waals surface area (Å²) in [4.78, 5) is 38.9. The topological polar surface area (TPSA) is 96.3 Å². The van der Waals surface area contributed by atoms with Gasteiger partial charge in [0.15, 0.2) is 0 Å². The molecule has 2 heterocycles. The van der Waals surface area contributed by atoms with E-state index >= 15 is 0 Å². The number of carbonyl (C=O) groups excluding carboxylic acids is 3. The minimum Gasteiger partial charge on any atom is -0.323 e. The molecule has 2 N–H and O–H groups in total. The number of aryl methyl sites for hydroxylation is 2. The number of hydrogen-bond acceptors (Lipinski definition) is 4. The lowest BCUT2D eigenvalue weighted by molar-refractivity contribution is -0.134. The molecule has 2 aromatic rings. The first-order valence-electron chi connectivity index (χ1n) is 9.96. The molecule has 1 aliphatic carbocycles. The van der Waals surface area contributed by atoms with Gasteiger partial charge in [0.1, 0.15) is 17.9 Å². The van der Waals surface area contributed by atoms with Crippen molar-refractivity contribution < 1.29 is 14.4 Å². The normalized spacial score (nSPS) is 18.2. The van der Waals surface area contributed by atoms with E-state index in [0.717, 1.165) is 41.1 Å². The van der Waals surface area contributed by atoms with Gasteiger partial charge >= 0.3 is 6.03 Å². The summed E-state index contributed by atoms with van der Waals surface area (Å²) in [6.07, 6.45) is 4.14. The average Bonchev–Trinajstić information content (AvgIpc) is 3.15. The quantitative estimate of drug-likeness (QED) is 0.778. The Morgan fingerprint density at radius 1 is 1.14 bits per heavy atom. The predicted octanol–water partition coefficient (Wildman–Crippen LogP) is 2.68. The van der Waals surface area contributed by atoms with Crippen LogP contribution in [0.2, 0.25) is 0 Å². The molecule has 152 valence electrons. The zero-order chi connectivity index (χ0) is 20.6. The third-order valence-electron chi connectivity index (χ3n) is 5.63. The number of nitrogens with one attached hydrogen (secondary N) is 2. The van der Waals surface area contributed by atoms with E-state index in [1.54, 1.807) is 10.7 Å². The van der Waals surface area contributed by atoms with Crippen LogP contribution in [-0.2, 0) is 9.59 Å². The fraction of sp³-hybridized carbons (Fsp3) is 0.429. The number of carbonyl (C=O) groups is 3. The molecule has 1 saturated carbocycles. The zero-order valence-electron chi connectivity index (χ0n) is 16.7. The van der Waals surface area contributed by atoms with Gasteiger partial charge in [-0.1, -0.05) is 37.0 Å². The maximum absolute atomic E-state index is 12.9. The van der Waals surface area contributed by atoms with E-state index in [2.05, 4.69) is 15.7 Å². The summed E-state index contributed by atoms with van der Waals surface area (Å²) in [5.74, 6) is -0.231. The third-order valence-corrected chi connectivity index (χ3v) is 5.63. The fourth-order valence-electron chi connectivity index (χ4n) is 4.11. The summed E-state index contributed by atoms with van der Waals surface area (Å²) in [5.41, 5.74) is 1.86. The molecule has 8 nitrogen and oxygen atoms in total. The molecule has 1 aliphatic heterocycles. The van der Waals surface area contributed by atoms with Crippen LogP contribution in [0.1, 0.15) is 43.4 Å². The number of nitrogens with zero attached hydrogens (tertiary/aromatic N) is 3. The van der Waals surface area contributed by atoms with Gasteiger partial charge in [-0.05, 0) is 38.8 Å². The fourth-order valence-corrected chi connectivity index (χ4v) is 4.11. The lowest BCUT2D eigenvalue weighted by atomic mass is 9.82. The lowest BCUT2D eigenvalue weighted by Crippen LogP contribution is -2.48. The monoisotopic (exact) mass is 395 g/mol. The first-order chi connectivity index (χ1) is 13.9. The lowest BCUT2D eigenvalue weighted by Gasteiger charge is -2.30. The highest BCUT2D eigenvalue weighted by atomic mass is 16.2. The molecular formula is C21H25N5O3. The molecule has 0 atom stereocenters. The molecule has 0 bridgehead atoms. The van der Waals surface area contributed by atoms with Crippen molar-refractivity contribution in [3.8, 4) is 5.69 Å². The summed E-state index contributed by atoms with van der Waals surface area (Å²) in [5, 5.41) is 10.1. The summed E-state index contributed by atoms with van der Waals surface area (Å²) in [6.45, 7) is 3.52. The van der Waals surface area contributed by atoms with E-state index in [9.17, 15) is 14.4 Å². The SMILES string of the molecule is Cc1ccc(-n2nc(C)cc2NC(=O)CN2C(=O)NC3(CCCCC3)C2=O)cc1. The number of amides is 4. The second-order valence-electron chi connectivity index (χ2n) is 7.93. The van der Waals surface area contributed by atoms with E-state index in [1.165, 1.54) is 0 Å². The predicted molar refractivity (Wildman–Crippen MR) is 108 cm³/mol. The molecule has 1 aromatic carbocycles. The Labute approximate surface area is 169 Å². The van der Waals surface area contributed by atoms with Crippen LogP contribution in [-0.4, -0.2) is 44.6 Å². The average molecular weight is 395 g/mol. The summed E-state index contributed by atoms with van der Waals surface area (Å²) in [7, 11) is 0. The van der Waals surface area contributed by atoms with Gasteiger partial charge < -0.3 is 10.6 Å². The number of urea groups is 1. The van der Waals surface area contributed by atoms with Crippen molar-refractivity contribution in [1.82, 2.24) is 20.0 Å². The number of anilines is 1. The molecule has 0 unspecified atom stereocenters. The van der Waals surface area contributed by atoms with Crippen molar-refractivity contribution in [3.63, 3.8) is 0 Å². The van der Waals surface area contributed by atoms with Crippen LogP contribution < -0.4 is 10.6 Å². The molecule has 2 fully saturated rings. The Balaban J connectivity index is 1.49. The number of imide groups is 1. The summed E-state index contributed by atoms with van der Waals surface area (Å²) >= 11 is 0. The van der Waals surface area contributed by atoms with Crippen molar-refractivity contribution in [3.05, 3.63) is 41.6 Å². The number of rotatable bonds is 4. The van der Waals surface area contributed by atoms with Gasteiger partial charge in [0.25, 0.3) is 5.91 Å². The smallest absolute Gasteiger partial charge is 0.323 e. The Morgan fingerprint density at radius 3 is 2.52 bits per heavy atom. The highest BCUT2D eigenvalue weighted by Crippen LogP contribution is 2.33. The van der Waals surface area contributed by atoms with E-state index in [4.69, 9.17) is 0 Å². The molecule has 4 rings (SSSR count). The molecule has 2 aliphatic rings. The maximum Gasteiger partial charge on any atom is 0.325 e. The van der Waals surface area contributed by atoms with Crippen molar-refractivity contribution in [2.24, 2.45) is 0 Å². The summed E-state index contributed by atoms with van der Waals surface area (Å²) in [6, 6.07) is 9.04. The van der Waals surface area contributed by atoms with Gasteiger partial charge in [-0.25, -0.2) is 9.48 Å². The van der Waals surface area contributed by atoms with Crippen molar-refractivity contribution >= 4 is 23.7 Å². The van der Waals surface area contributed by atoms with Gasteiger partial charge in [0, 0.05) is 6.07 Å². The third kappa shape index (κ3) is 3.62. The molecule has 1 spiro atoms. The van der Waals surface area contributed by atoms with Crippen LogP contribution >= 0.6 is 0 Å². The number of hydrogen-bond donors (Lipinski definition) is 2. The molecular weight excluding hydrogens is 370 g/mol.